The number of nitrogens with one attached hydrogen (secondary N) is 2. The third-order valence-electron chi connectivity index (χ3n) is 4.00. The lowest BCUT2D eigenvalue weighted by molar-refractivity contribution is 0.796. The zero-order valence-corrected chi connectivity index (χ0v) is 16.7. The lowest BCUT2D eigenvalue weighted by Crippen LogP contribution is -2.38. The molecule has 27 heavy (non-hydrogen) atoms. The number of hydrogen-bond acceptors (Lipinski definition) is 4. The molecule has 0 saturated carbocycles. The van der Waals surface area contributed by atoms with Crippen LogP contribution in [0.5, 0.6) is 0 Å². The number of guanidine groups is 1. The first kappa shape index (κ1) is 19.1. The standard InChI is InChI=1S/C20H26N6S/c1-3-18-14-23-19(27-18)10-11-22-20(21-4-2)24-12-16-13-25-26(15-16)17-8-6-5-7-9-17/h5-9,13-15H,3-4,10-12H2,1-2H3,(H2,21,22,24). The highest BCUT2D eigenvalue weighted by Crippen LogP contribution is 2.13. The molecule has 0 fully saturated rings. The maximum atomic E-state index is 4.67. The minimum atomic E-state index is 0.583. The number of benzene rings is 1. The second kappa shape index (κ2) is 9.87. The minimum absolute atomic E-state index is 0.583. The second-order valence-corrected chi connectivity index (χ2v) is 7.27. The van der Waals surface area contributed by atoms with Gasteiger partial charge in [-0.1, -0.05) is 25.1 Å². The highest BCUT2D eigenvalue weighted by molar-refractivity contribution is 7.11. The van der Waals surface area contributed by atoms with Crippen LogP contribution in [-0.2, 0) is 19.4 Å². The topological polar surface area (TPSA) is 67.1 Å². The number of aromatic nitrogens is 3. The van der Waals surface area contributed by atoms with Gasteiger partial charge in [0, 0.05) is 42.3 Å². The SMILES string of the molecule is CCNC(=NCc1cnn(-c2ccccc2)c1)NCCc1ncc(CC)s1. The van der Waals surface area contributed by atoms with E-state index in [1.807, 2.05) is 53.6 Å². The van der Waals surface area contributed by atoms with E-state index in [0.717, 1.165) is 43.1 Å². The quantitative estimate of drug-likeness (QED) is 0.464. The average Bonchev–Trinajstić information content (AvgIpc) is 3.36. The second-order valence-electron chi connectivity index (χ2n) is 6.07. The van der Waals surface area contributed by atoms with Crippen molar-refractivity contribution < 1.29 is 0 Å². The van der Waals surface area contributed by atoms with E-state index in [1.54, 1.807) is 11.3 Å². The molecular weight excluding hydrogens is 356 g/mol. The third kappa shape index (κ3) is 5.65. The van der Waals surface area contributed by atoms with E-state index < -0.39 is 0 Å². The Morgan fingerprint density at radius 2 is 2.00 bits per heavy atom. The van der Waals surface area contributed by atoms with Crippen LogP contribution in [0.4, 0.5) is 0 Å². The van der Waals surface area contributed by atoms with Gasteiger partial charge < -0.3 is 10.6 Å². The fourth-order valence-corrected chi connectivity index (χ4v) is 3.45. The van der Waals surface area contributed by atoms with Crippen LogP contribution >= 0.6 is 11.3 Å². The molecule has 0 unspecified atom stereocenters. The largest absolute Gasteiger partial charge is 0.357 e. The van der Waals surface area contributed by atoms with E-state index in [9.17, 15) is 0 Å². The predicted octanol–water partition coefficient (Wildman–Crippen LogP) is 3.19. The summed E-state index contributed by atoms with van der Waals surface area (Å²) in [6.45, 7) is 6.45. The molecule has 0 amide bonds. The van der Waals surface area contributed by atoms with Crippen molar-refractivity contribution in [1.29, 1.82) is 0 Å². The van der Waals surface area contributed by atoms with Crippen molar-refractivity contribution in [3.63, 3.8) is 0 Å². The number of nitrogens with zero attached hydrogens (tertiary/aromatic N) is 4. The van der Waals surface area contributed by atoms with E-state index in [-0.39, 0.29) is 0 Å². The average molecular weight is 383 g/mol. The molecule has 0 radical (unpaired) electrons. The monoisotopic (exact) mass is 382 g/mol. The molecule has 0 bridgehead atoms. The molecule has 3 rings (SSSR count). The molecule has 142 valence electrons. The molecule has 0 saturated heterocycles. The molecule has 2 heterocycles. The maximum Gasteiger partial charge on any atom is 0.191 e. The van der Waals surface area contributed by atoms with Gasteiger partial charge in [0.2, 0.25) is 0 Å². The van der Waals surface area contributed by atoms with Gasteiger partial charge in [-0.15, -0.1) is 11.3 Å². The molecular formula is C20H26N6S. The number of aryl methyl sites for hydroxylation is 1. The zero-order valence-electron chi connectivity index (χ0n) is 15.9. The van der Waals surface area contributed by atoms with Gasteiger partial charge in [0.1, 0.15) is 0 Å². The van der Waals surface area contributed by atoms with E-state index in [4.69, 9.17) is 0 Å². The number of para-hydroxylation sites is 1. The molecule has 1 aromatic carbocycles. The molecule has 0 aliphatic heterocycles. The molecule has 6 nitrogen and oxygen atoms in total. The van der Waals surface area contributed by atoms with Crippen molar-refractivity contribution in [2.75, 3.05) is 13.1 Å². The number of rotatable bonds is 8. The molecule has 0 spiro atoms. The first-order valence-corrected chi connectivity index (χ1v) is 10.1. The normalized spacial score (nSPS) is 11.6. The van der Waals surface area contributed by atoms with Crippen LogP contribution in [0.25, 0.3) is 5.69 Å². The van der Waals surface area contributed by atoms with Crippen LogP contribution in [0.3, 0.4) is 0 Å². The Bertz CT molecular complexity index is 852. The van der Waals surface area contributed by atoms with E-state index >= 15 is 0 Å². The van der Waals surface area contributed by atoms with Crippen LogP contribution in [0.1, 0.15) is 29.3 Å². The van der Waals surface area contributed by atoms with Gasteiger partial charge in [-0.2, -0.15) is 5.10 Å². The molecule has 0 atom stereocenters. The van der Waals surface area contributed by atoms with Gasteiger partial charge in [0.25, 0.3) is 0 Å². The Morgan fingerprint density at radius 3 is 2.74 bits per heavy atom. The minimum Gasteiger partial charge on any atom is -0.357 e. The molecule has 2 aromatic heterocycles. The Morgan fingerprint density at radius 1 is 1.15 bits per heavy atom. The van der Waals surface area contributed by atoms with Gasteiger partial charge in [-0.05, 0) is 25.5 Å². The van der Waals surface area contributed by atoms with Crippen LogP contribution < -0.4 is 10.6 Å². The van der Waals surface area contributed by atoms with E-state index in [0.29, 0.717) is 6.54 Å². The van der Waals surface area contributed by atoms with Crippen LogP contribution in [0.15, 0.2) is 53.9 Å². The van der Waals surface area contributed by atoms with Gasteiger partial charge >= 0.3 is 0 Å². The van der Waals surface area contributed by atoms with Crippen LogP contribution in [0, 0.1) is 0 Å². The summed E-state index contributed by atoms with van der Waals surface area (Å²) in [5.41, 5.74) is 2.12. The summed E-state index contributed by atoms with van der Waals surface area (Å²) in [5, 5.41) is 12.3. The maximum absolute atomic E-state index is 4.67. The summed E-state index contributed by atoms with van der Waals surface area (Å²) < 4.78 is 1.87. The summed E-state index contributed by atoms with van der Waals surface area (Å²) in [6.07, 6.45) is 7.81. The fourth-order valence-electron chi connectivity index (χ4n) is 2.59. The molecule has 0 aliphatic carbocycles. The lowest BCUT2D eigenvalue weighted by Gasteiger charge is -2.10. The van der Waals surface area contributed by atoms with Gasteiger partial charge in [-0.3, -0.25) is 0 Å². The smallest absolute Gasteiger partial charge is 0.191 e. The van der Waals surface area contributed by atoms with Crippen molar-refractivity contribution in [2.45, 2.75) is 33.2 Å². The molecule has 2 N–H and O–H groups in total. The first-order valence-electron chi connectivity index (χ1n) is 9.33. The van der Waals surface area contributed by atoms with Crippen molar-refractivity contribution in [3.05, 3.63) is 64.4 Å². The number of aliphatic imine (C=N–C) groups is 1. The van der Waals surface area contributed by atoms with Crippen LogP contribution in [-0.4, -0.2) is 33.8 Å². The Hall–Kier alpha value is -2.67. The highest BCUT2D eigenvalue weighted by atomic mass is 32.1. The van der Waals surface area contributed by atoms with Gasteiger partial charge in [0.15, 0.2) is 5.96 Å². The molecule has 0 aliphatic rings. The fraction of sp³-hybridized carbons (Fsp3) is 0.350. The van der Waals surface area contributed by atoms with Gasteiger partial charge in [0.05, 0.1) is 23.4 Å². The third-order valence-corrected chi connectivity index (χ3v) is 5.20. The summed E-state index contributed by atoms with van der Waals surface area (Å²) in [6, 6.07) is 10.1. The van der Waals surface area contributed by atoms with Crippen molar-refractivity contribution in [3.8, 4) is 5.69 Å². The number of hydrogen-bond donors (Lipinski definition) is 2. The summed E-state index contributed by atoms with van der Waals surface area (Å²) in [4.78, 5) is 10.5. The Kier molecular flexibility index (Phi) is 6.98. The van der Waals surface area contributed by atoms with Crippen molar-refractivity contribution in [1.82, 2.24) is 25.4 Å². The Labute approximate surface area is 164 Å². The first-order chi connectivity index (χ1) is 13.3. The van der Waals surface area contributed by atoms with Gasteiger partial charge in [-0.25, -0.2) is 14.7 Å². The van der Waals surface area contributed by atoms with E-state index in [1.165, 1.54) is 9.88 Å². The highest BCUT2D eigenvalue weighted by Gasteiger charge is 2.04. The number of thiazole rings is 1. The van der Waals surface area contributed by atoms with E-state index in [2.05, 4.69) is 39.6 Å². The lowest BCUT2D eigenvalue weighted by atomic mass is 10.3. The predicted molar refractivity (Wildman–Crippen MR) is 112 cm³/mol. The van der Waals surface area contributed by atoms with Crippen LogP contribution in [0.2, 0.25) is 0 Å². The summed E-state index contributed by atoms with van der Waals surface area (Å²) >= 11 is 1.79. The molecule has 7 heteroatoms. The van der Waals surface area contributed by atoms with Crippen molar-refractivity contribution >= 4 is 17.3 Å². The summed E-state index contributed by atoms with van der Waals surface area (Å²) in [5.74, 6) is 0.817. The van der Waals surface area contributed by atoms with Crippen molar-refractivity contribution in [2.24, 2.45) is 4.99 Å². The molecule has 3 aromatic rings. The Balaban J connectivity index is 1.54. The zero-order chi connectivity index (χ0) is 18.9. The summed E-state index contributed by atoms with van der Waals surface area (Å²) in [7, 11) is 0.